The number of hydrogen-bond donors (Lipinski definition) is 2. The van der Waals surface area contributed by atoms with Crippen LogP contribution in [0.15, 0.2) is 30.3 Å². The van der Waals surface area contributed by atoms with Crippen LogP contribution in [0.2, 0.25) is 0 Å². The number of amides is 1. The Bertz CT molecular complexity index is 925. The molecule has 3 rings (SSSR count). The highest BCUT2D eigenvalue weighted by Crippen LogP contribution is 2.25. The maximum absolute atomic E-state index is 12.4. The molecule has 0 saturated carbocycles. The Hall–Kier alpha value is -2.93. The largest absolute Gasteiger partial charge is 0.377 e. The standard InChI is InChI=1S/C20H25N5O2/c1-5-27-12-16-8-6-15(7-9-16)11-21-20(26)18-10-17(22-23-18)19-13(2)24-25(4)14(19)3/h6-10H,5,11-12H2,1-4H3,(H,21,26)(H,22,23). The van der Waals surface area contributed by atoms with Crippen molar-refractivity contribution in [2.45, 2.75) is 33.9 Å². The number of carbonyl (C=O) groups is 1. The third-order valence-corrected chi connectivity index (χ3v) is 4.54. The first-order chi connectivity index (χ1) is 13.0. The molecule has 0 unspecified atom stereocenters. The van der Waals surface area contributed by atoms with Gasteiger partial charge in [-0.25, -0.2) is 0 Å². The van der Waals surface area contributed by atoms with Crippen LogP contribution in [0.3, 0.4) is 0 Å². The van der Waals surface area contributed by atoms with Crippen LogP contribution in [0.25, 0.3) is 11.3 Å². The van der Waals surface area contributed by atoms with E-state index in [-0.39, 0.29) is 5.91 Å². The fourth-order valence-electron chi connectivity index (χ4n) is 2.96. The molecule has 0 radical (unpaired) electrons. The van der Waals surface area contributed by atoms with Crippen molar-refractivity contribution in [3.8, 4) is 11.3 Å². The number of aromatic nitrogens is 4. The molecule has 7 nitrogen and oxygen atoms in total. The summed E-state index contributed by atoms with van der Waals surface area (Å²) < 4.78 is 7.20. The monoisotopic (exact) mass is 367 g/mol. The minimum Gasteiger partial charge on any atom is -0.377 e. The molecular weight excluding hydrogens is 342 g/mol. The van der Waals surface area contributed by atoms with E-state index in [2.05, 4.69) is 20.6 Å². The van der Waals surface area contributed by atoms with Gasteiger partial charge in [-0.05, 0) is 38.0 Å². The van der Waals surface area contributed by atoms with Crippen LogP contribution in [-0.2, 0) is 24.9 Å². The molecule has 0 bridgehead atoms. The second-order valence-corrected chi connectivity index (χ2v) is 6.47. The van der Waals surface area contributed by atoms with Crippen molar-refractivity contribution in [1.29, 1.82) is 0 Å². The molecule has 1 aromatic carbocycles. The van der Waals surface area contributed by atoms with E-state index in [9.17, 15) is 4.79 Å². The minimum absolute atomic E-state index is 0.189. The molecule has 3 aromatic rings. The first-order valence-electron chi connectivity index (χ1n) is 8.99. The van der Waals surface area contributed by atoms with Crippen molar-refractivity contribution in [1.82, 2.24) is 25.3 Å². The highest BCUT2D eigenvalue weighted by atomic mass is 16.5. The van der Waals surface area contributed by atoms with E-state index < -0.39 is 0 Å². The van der Waals surface area contributed by atoms with Gasteiger partial charge in [0.15, 0.2) is 0 Å². The summed E-state index contributed by atoms with van der Waals surface area (Å²) in [6.45, 7) is 7.65. The lowest BCUT2D eigenvalue weighted by atomic mass is 10.1. The first-order valence-corrected chi connectivity index (χ1v) is 8.99. The van der Waals surface area contributed by atoms with E-state index in [1.165, 1.54) is 0 Å². The summed E-state index contributed by atoms with van der Waals surface area (Å²) in [5.41, 5.74) is 6.16. The smallest absolute Gasteiger partial charge is 0.269 e. The summed E-state index contributed by atoms with van der Waals surface area (Å²) >= 11 is 0. The normalized spacial score (nSPS) is 11.0. The molecule has 0 aliphatic heterocycles. The Morgan fingerprint density at radius 1 is 1.22 bits per heavy atom. The minimum atomic E-state index is -0.189. The van der Waals surface area contributed by atoms with Crippen LogP contribution in [0.4, 0.5) is 0 Å². The van der Waals surface area contributed by atoms with Gasteiger partial charge < -0.3 is 10.1 Å². The van der Waals surface area contributed by atoms with Crippen molar-refractivity contribution < 1.29 is 9.53 Å². The van der Waals surface area contributed by atoms with Crippen LogP contribution >= 0.6 is 0 Å². The summed E-state index contributed by atoms with van der Waals surface area (Å²) in [7, 11) is 1.89. The molecule has 2 N–H and O–H groups in total. The molecule has 27 heavy (non-hydrogen) atoms. The lowest BCUT2D eigenvalue weighted by Gasteiger charge is -2.06. The molecule has 0 saturated heterocycles. The molecule has 0 spiro atoms. The number of benzene rings is 1. The number of H-pyrrole nitrogens is 1. The number of ether oxygens (including phenoxy) is 1. The summed E-state index contributed by atoms with van der Waals surface area (Å²) in [6, 6.07) is 9.78. The highest BCUT2D eigenvalue weighted by molar-refractivity contribution is 5.93. The number of carbonyl (C=O) groups excluding carboxylic acids is 1. The molecule has 1 amide bonds. The van der Waals surface area contributed by atoms with E-state index in [4.69, 9.17) is 4.74 Å². The number of aryl methyl sites for hydroxylation is 2. The van der Waals surface area contributed by atoms with Gasteiger partial charge in [-0.2, -0.15) is 10.2 Å². The Morgan fingerprint density at radius 2 is 1.93 bits per heavy atom. The van der Waals surface area contributed by atoms with Gasteiger partial charge in [0, 0.05) is 31.5 Å². The number of hydrogen-bond acceptors (Lipinski definition) is 4. The van der Waals surface area contributed by atoms with E-state index in [1.807, 2.05) is 56.8 Å². The van der Waals surface area contributed by atoms with Gasteiger partial charge in [-0.3, -0.25) is 14.6 Å². The Balaban J connectivity index is 1.63. The average Bonchev–Trinajstić information content (AvgIpc) is 3.23. The quantitative estimate of drug-likeness (QED) is 0.672. The zero-order chi connectivity index (χ0) is 19.4. The van der Waals surface area contributed by atoms with Crippen molar-refractivity contribution in [3.63, 3.8) is 0 Å². The molecule has 0 fully saturated rings. The van der Waals surface area contributed by atoms with Crippen LogP contribution in [-0.4, -0.2) is 32.5 Å². The topological polar surface area (TPSA) is 84.8 Å². The second kappa shape index (κ2) is 8.18. The van der Waals surface area contributed by atoms with Gasteiger partial charge in [-0.1, -0.05) is 24.3 Å². The predicted molar refractivity (Wildman–Crippen MR) is 103 cm³/mol. The SMILES string of the molecule is CCOCc1ccc(CNC(=O)c2cc(-c3c(C)nn(C)c3C)n[nH]2)cc1. The van der Waals surface area contributed by atoms with E-state index >= 15 is 0 Å². The molecule has 7 heteroatoms. The molecule has 0 aliphatic carbocycles. The number of nitrogens with one attached hydrogen (secondary N) is 2. The van der Waals surface area contributed by atoms with E-state index in [0.29, 0.717) is 25.5 Å². The summed E-state index contributed by atoms with van der Waals surface area (Å²) in [6.07, 6.45) is 0. The Morgan fingerprint density at radius 3 is 2.56 bits per heavy atom. The molecule has 0 atom stereocenters. The van der Waals surface area contributed by atoms with Gasteiger partial charge in [0.05, 0.1) is 18.0 Å². The Labute approximate surface area is 158 Å². The van der Waals surface area contributed by atoms with Crippen LogP contribution in [0, 0.1) is 13.8 Å². The predicted octanol–water partition coefficient (Wildman–Crippen LogP) is 2.89. The van der Waals surface area contributed by atoms with E-state index in [1.54, 1.807) is 6.07 Å². The van der Waals surface area contributed by atoms with Crippen molar-refractivity contribution in [2.24, 2.45) is 7.05 Å². The second-order valence-electron chi connectivity index (χ2n) is 6.47. The van der Waals surface area contributed by atoms with E-state index in [0.717, 1.165) is 33.8 Å². The van der Waals surface area contributed by atoms with Gasteiger partial charge in [0.2, 0.25) is 0 Å². The zero-order valence-corrected chi connectivity index (χ0v) is 16.2. The Kier molecular flexibility index (Phi) is 5.71. The van der Waals surface area contributed by atoms with Gasteiger partial charge in [0.25, 0.3) is 5.91 Å². The molecule has 2 aromatic heterocycles. The summed E-state index contributed by atoms with van der Waals surface area (Å²) in [4.78, 5) is 12.4. The lowest BCUT2D eigenvalue weighted by Crippen LogP contribution is -2.23. The number of aromatic amines is 1. The maximum Gasteiger partial charge on any atom is 0.269 e. The average molecular weight is 367 g/mol. The fraction of sp³-hybridized carbons (Fsp3) is 0.350. The van der Waals surface area contributed by atoms with Crippen molar-refractivity contribution >= 4 is 5.91 Å². The summed E-state index contributed by atoms with van der Waals surface area (Å²) in [5, 5.41) is 14.4. The fourth-order valence-corrected chi connectivity index (χ4v) is 2.96. The van der Waals surface area contributed by atoms with Gasteiger partial charge >= 0.3 is 0 Å². The third kappa shape index (κ3) is 4.25. The highest BCUT2D eigenvalue weighted by Gasteiger charge is 2.17. The van der Waals surface area contributed by atoms with Gasteiger partial charge in [0.1, 0.15) is 5.69 Å². The maximum atomic E-state index is 12.4. The molecule has 0 aliphatic rings. The molecule has 2 heterocycles. The lowest BCUT2D eigenvalue weighted by molar-refractivity contribution is 0.0946. The van der Waals surface area contributed by atoms with Crippen LogP contribution in [0.1, 0.15) is 39.9 Å². The number of nitrogens with zero attached hydrogens (tertiary/aromatic N) is 3. The molecular formula is C20H25N5O2. The summed E-state index contributed by atoms with van der Waals surface area (Å²) in [5.74, 6) is -0.189. The third-order valence-electron chi connectivity index (χ3n) is 4.54. The number of rotatable bonds is 7. The van der Waals surface area contributed by atoms with Crippen molar-refractivity contribution in [3.05, 3.63) is 58.5 Å². The van der Waals surface area contributed by atoms with Crippen LogP contribution in [0.5, 0.6) is 0 Å². The van der Waals surface area contributed by atoms with Crippen LogP contribution < -0.4 is 5.32 Å². The van der Waals surface area contributed by atoms with Gasteiger partial charge in [-0.15, -0.1) is 0 Å². The van der Waals surface area contributed by atoms with Crippen molar-refractivity contribution in [2.75, 3.05) is 6.61 Å². The first kappa shape index (κ1) is 18.8. The zero-order valence-electron chi connectivity index (χ0n) is 16.2. The molecule has 142 valence electrons.